The van der Waals surface area contributed by atoms with Gasteiger partial charge in [-0.1, -0.05) is 18.2 Å². The lowest BCUT2D eigenvalue weighted by Crippen LogP contribution is -2.16. The Bertz CT molecular complexity index is 1390. The number of benzene rings is 2. The van der Waals surface area contributed by atoms with Crippen molar-refractivity contribution in [3.8, 4) is 22.9 Å². The maximum absolute atomic E-state index is 13.7. The van der Waals surface area contributed by atoms with Gasteiger partial charge in [0.05, 0.1) is 24.9 Å². The van der Waals surface area contributed by atoms with E-state index in [1.165, 1.54) is 13.2 Å². The van der Waals surface area contributed by atoms with Crippen LogP contribution < -0.4 is 15.4 Å². The quantitative estimate of drug-likeness (QED) is 0.145. The van der Waals surface area contributed by atoms with Crippen molar-refractivity contribution in [1.82, 2.24) is 15.3 Å². The van der Waals surface area contributed by atoms with Gasteiger partial charge in [-0.2, -0.15) is 0 Å². The van der Waals surface area contributed by atoms with Crippen molar-refractivity contribution in [3.05, 3.63) is 95.6 Å². The summed E-state index contributed by atoms with van der Waals surface area (Å²) in [5, 5.41) is 4.90. The number of hydrogen-bond acceptors (Lipinski definition) is 6. The second kappa shape index (κ2) is 16.8. The van der Waals surface area contributed by atoms with Gasteiger partial charge in [0, 0.05) is 30.7 Å². The second-order valence-electron chi connectivity index (χ2n) is 8.53. The molecule has 4 aromatic rings. The fourth-order valence-electron chi connectivity index (χ4n) is 3.23. The molecule has 10 heteroatoms. The number of hydrogen-bond donors (Lipinski definition) is 3. The number of esters is 1. The lowest BCUT2D eigenvalue weighted by atomic mass is 10.2. The van der Waals surface area contributed by atoms with E-state index in [2.05, 4.69) is 25.3 Å². The van der Waals surface area contributed by atoms with Crippen LogP contribution in [0.5, 0.6) is 11.5 Å². The lowest BCUT2D eigenvalue weighted by Gasteiger charge is -2.08. The number of aromatic amines is 1. The molecule has 0 saturated carbocycles. The molecular formula is C30H33FN4O5. The van der Waals surface area contributed by atoms with Gasteiger partial charge in [-0.05, 0) is 73.9 Å². The summed E-state index contributed by atoms with van der Waals surface area (Å²) in [4.78, 5) is 37.3. The van der Waals surface area contributed by atoms with E-state index in [-0.39, 0.29) is 24.0 Å². The third-order valence-corrected chi connectivity index (χ3v) is 5.18. The number of carbonyl (C=O) groups is 3. The number of rotatable bonds is 9. The first-order chi connectivity index (χ1) is 19.2. The molecule has 9 nitrogen and oxygen atoms in total. The van der Waals surface area contributed by atoms with Crippen molar-refractivity contribution in [2.24, 2.45) is 0 Å². The number of aromatic nitrogens is 2. The number of nitrogens with zero attached hydrogens (tertiary/aromatic N) is 1. The highest BCUT2D eigenvalue weighted by atomic mass is 19.1. The number of nitrogens with one attached hydrogen (secondary N) is 3. The number of H-pyrrole nitrogens is 1. The Morgan fingerprint density at radius 1 is 0.975 bits per heavy atom. The van der Waals surface area contributed by atoms with Crippen molar-refractivity contribution in [1.29, 1.82) is 0 Å². The average molecular weight is 549 g/mol. The van der Waals surface area contributed by atoms with Crippen LogP contribution in [0.3, 0.4) is 0 Å². The van der Waals surface area contributed by atoms with Gasteiger partial charge in [-0.3, -0.25) is 19.4 Å². The Balaban J connectivity index is 0.000000246. The maximum Gasteiger partial charge on any atom is 0.307 e. The zero-order chi connectivity index (χ0) is 29.3. The first kappa shape index (κ1) is 31.2. The number of halogens is 1. The molecule has 210 valence electrons. The lowest BCUT2D eigenvalue weighted by molar-refractivity contribution is -0.140. The second-order valence-corrected chi connectivity index (χ2v) is 8.53. The Kier molecular flexibility index (Phi) is 13.1. The molecule has 3 N–H and O–H groups in total. The number of amides is 2. The average Bonchev–Trinajstić information content (AvgIpc) is 3.38. The number of anilines is 1. The molecule has 0 aliphatic heterocycles. The summed E-state index contributed by atoms with van der Waals surface area (Å²) in [6, 6.07) is 17.9. The molecular weight excluding hydrogens is 515 g/mol. The van der Waals surface area contributed by atoms with E-state index in [9.17, 15) is 18.8 Å². The summed E-state index contributed by atoms with van der Waals surface area (Å²) in [6.07, 6.45) is 5.01. The normalized spacial score (nSPS) is 9.62. The molecule has 0 unspecified atom stereocenters. The Morgan fingerprint density at radius 3 is 2.40 bits per heavy atom. The number of ether oxygens (including phenoxy) is 2. The molecule has 0 bridgehead atoms. The predicted molar refractivity (Wildman–Crippen MR) is 152 cm³/mol. The first-order valence-corrected chi connectivity index (χ1v) is 12.3. The molecule has 0 radical (unpaired) electrons. The van der Waals surface area contributed by atoms with Crippen LogP contribution in [0.25, 0.3) is 11.4 Å². The predicted octanol–water partition coefficient (Wildman–Crippen LogP) is 5.48. The van der Waals surface area contributed by atoms with Crippen molar-refractivity contribution in [2.75, 3.05) is 19.0 Å². The number of pyridine rings is 1. The van der Waals surface area contributed by atoms with Crippen LogP contribution >= 0.6 is 0 Å². The molecule has 2 amide bonds. The van der Waals surface area contributed by atoms with Crippen LogP contribution in [0.2, 0.25) is 0 Å². The smallest absolute Gasteiger partial charge is 0.307 e. The van der Waals surface area contributed by atoms with Gasteiger partial charge < -0.3 is 25.1 Å². The summed E-state index contributed by atoms with van der Waals surface area (Å²) in [6.45, 7) is 6.22. The molecule has 0 saturated heterocycles. The molecule has 4 rings (SSSR count). The highest BCUT2D eigenvalue weighted by Gasteiger charge is 2.08. The van der Waals surface area contributed by atoms with Gasteiger partial charge in [0.2, 0.25) is 12.8 Å². The van der Waals surface area contributed by atoms with Crippen LogP contribution in [-0.4, -0.2) is 42.4 Å². The third-order valence-electron chi connectivity index (χ3n) is 5.18. The Morgan fingerprint density at radius 2 is 1.75 bits per heavy atom. The number of carbonyl (C=O) groups excluding carboxylic acids is 3. The third kappa shape index (κ3) is 11.2. The van der Waals surface area contributed by atoms with Gasteiger partial charge >= 0.3 is 5.97 Å². The topological polar surface area (TPSA) is 122 Å². The monoisotopic (exact) mass is 548 g/mol. The van der Waals surface area contributed by atoms with Gasteiger partial charge in [0.25, 0.3) is 0 Å². The van der Waals surface area contributed by atoms with Gasteiger partial charge in [0.1, 0.15) is 5.75 Å². The summed E-state index contributed by atoms with van der Waals surface area (Å²) >= 11 is 0. The van der Waals surface area contributed by atoms with Gasteiger partial charge in [-0.15, -0.1) is 0 Å². The zero-order valence-electron chi connectivity index (χ0n) is 22.9. The van der Waals surface area contributed by atoms with E-state index in [0.29, 0.717) is 25.1 Å². The van der Waals surface area contributed by atoms with Crippen LogP contribution in [0.1, 0.15) is 23.1 Å². The van der Waals surface area contributed by atoms with Crippen LogP contribution in [-0.2, 0) is 19.1 Å². The first-order valence-electron chi connectivity index (χ1n) is 12.3. The fraction of sp³-hybridized carbons (Fsp3) is 0.200. The Hall–Kier alpha value is -4.99. The van der Waals surface area contributed by atoms with E-state index >= 15 is 0 Å². The van der Waals surface area contributed by atoms with Gasteiger partial charge in [-0.25, -0.2) is 4.39 Å². The van der Waals surface area contributed by atoms with E-state index in [0.717, 1.165) is 33.8 Å². The molecule has 2 heterocycles. The minimum atomic E-state index is -0.380. The number of methoxy groups -OCH3 is 1. The maximum atomic E-state index is 13.7. The van der Waals surface area contributed by atoms with Crippen LogP contribution in [0, 0.1) is 26.6 Å². The van der Waals surface area contributed by atoms with Crippen LogP contribution in [0.4, 0.5) is 10.1 Å². The van der Waals surface area contributed by atoms with E-state index in [4.69, 9.17) is 4.74 Å². The van der Waals surface area contributed by atoms with Crippen molar-refractivity contribution in [3.63, 3.8) is 0 Å². The Labute approximate surface area is 232 Å². The van der Waals surface area contributed by atoms with Crippen molar-refractivity contribution < 1.29 is 28.2 Å². The van der Waals surface area contributed by atoms with E-state index in [1.807, 2.05) is 57.3 Å². The van der Waals surface area contributed by atoms with Crippen molar-refractivity contribution in [2.45, 2.75) is 27.2 Å². The molecule has 0 atom stereocenters. The standard InChI is InChI=1S/C17H15FN2O.C8H9NO.C5H9NO3/c1-11-3-4-14(18)17(8-11)21-13-5-6-19-16(9-13)15-7-12(2)10-20-15;1-7-3-2-4-8(5-7)9-6-10;1-9-5(8)2-3-6-4-7/h3-10,20H,1-2H3;2-6H,1H3,(H,9,10);4H,2-3H2,1H3,(H,6,7). The molecule has 0 fully saturated rings. The molecule has 2 aromatic heterocycles. The summed E-state index contributed by atoms with van der Waals surface area (Å²) in [5.41, 5.74) is 5.72. The number of aryl methyl sites for hydroxylation is 3. The molecule has 40 heavy (non-hydrogen) atoms. The molecule has 2 aromatic carbocycles. The summed E-state index contributed by atoms with van der Waals surface area (Å²) in [5.74, 6) is 0.0746. The SMILES string of the molecule is COC(=O)CCNC=O.Cc1c[nH]c(-c2cc(Oc3cc(C)ccc3F)ccn2)c1.Cc1cccc(NC=O)c1. The summed E-state index contributed by atoms with van der Waals surface area (Å²) in [7, 11) is 1.31. The zero-order valence-corrected chi connectivity index (χ0v) is 22.9. The van der Waals surface area contributed by atoms with Crippen molar-refractivity contribution >= 4 is 24.5 Å². The highest BCUT2D eigenvalue weighted by Crippen LogP contribution is 2.28. The molecule has 0 aliphatic rings. The largest absolute Gasteiger partial charge is 0.469 e. The minimum absolute atomic E-state index is 0.217. The fourth-order valence-corrected chi connectivity index (χ4v) is 3.23. The van der Waals surface area contributed by atoms with E-state index in [1.54, 1.807) is 30.5 Å². The summed E-state index contributed by atoms with van der Waals surface area (Å²) < 4.78 is 23.7. The molecule has 0 spiro atoms. The highest BCUT2D eigenvalue weighted by molar-refractivity contribution is 5.71. The van der Waals surface area contributed by atoms with Crippen LogP contribution in [0.15, 0.2) is 73.1 Å². The van der Waals surface area contributed by atoms with Gasteiger partial charge in [0.15, 0.2) is 11.6 Å². The molecule has 0 aliphatic carbocycles. The minimum Gasteiger partial charge on any atom is -0.469 e. The van der Waals surface area contributed by atoms with E-state index < -0.39 is 0 Å².